The third kappa shape index (κ3) is 25.9. The maximum absolute atomic E-state index is 12.9. The first-order valence-corrected chi connectivity index (χ1v) is 25.8. The molecule has 0 aliphatic carbocycles. The van der Waals surface area contributed by atoms with E-state index in [9.17, 15) is 76.7 Å². The quantitative estimate of drug-likeness (QED) is 0.0307. The van der Waals surface area contributed by atoms with Gasteiger partial charge in [-0.05, 0) is 111 Å². The molecular formula is C48H82N16O17. The Morgan fingerprint density at radius 1 is 0.198 bits per heavy atom. The summed E-state index contributed by atoms with van der Waals surface area (Å²) in [6.07, 6.45) is 0. The van der Waals surface area contributed by atoms with E-state index in [2.05, 4.69) is 79.8 Å². The van der Waals surface area contributed by atoms with Crippen molar-refractivity contribution >= 4 is 94.6 Å². The molecule has 0 bridgehead atoms. The number of nitrogens with one attached hydrogen (secondary N) is 15. The van der Waals surface area contributed by atoms with Crippen LogP contribution in [0, 0.1) is 0 Å². The van der Waals surface area contributed by atoms with Crippen molar-refractivity contribution in [1.82, 2.24) is 79.8 Å². The van der Waals surface area contributed by atoms with Crippen LogP contribution in [0.4, 0.5) is 0 Å². The number of carbonyl (C=O) groups excluding carboxylic acids is 15. The molecule has 0 aliphatic rings. The molecule has 0 unspecified atom stereocenters. The minimum Gasteiger partial charge on any atom is -0.480 e. The number of nitrogens with two attached hydrogens (primary N) is 1. The molecule has 0 fully saturated rings. The highest BCUT2D eigenvalue weighted by Crippen LogP contribution is 1.99. The van der Waals surface area contributed by atoms with Gasteiger partial charge in [0, 0.05) is 0 Å². The largest absolute Gasteiger partial charge is 0.480 e. The molecule has 0 rings (SSSR count). The smallest absolute Gasteiger partial charge is 0.325 e. The maximum atomic E-state index is 12.9. The summed E-state index contributed by atoms with van der Waals surface area (Å²) < 4.78 is 0. The predicted octanol–water partition coefficient (Wildman–Crippen LogP) is -8.01. The normalized spacial score (nSPS) is 16.8. The van der Waals surface area contributed by atoms with Gasteiger partial charge in [-0.3, -0.25) is 76.7 Å². The SMILES string of the molecule is C[C@H](N)C(=O)N[C@@H](C)C(=O)N[C@@H](C)C(=O)N[C@@H](C)C(=O)N[C@@H](C)C(=O)N[C@@H](C)C(=O)N[C@@H](C)C(=O)N[C@@H](C)C(=O)N[C@@H](C)C(=O)N[C@@H](C)C(=O)N[C@@H](C)C(=O)N[C@@H](C)C(=O)N[C@@H](C)C(=O)N[C@@H](C)C(=O)N[C@@H](C)C(=O)N[C@@H](C)C(=O)O. The molecule has 33 heteroatoms. The van der Waals surface area contributed by atoms with E-state index < -0.39 is 191 Å². The second-order valence-corrected chi connectivity index (χ2v) is 19.6. The van der Waals surface area contributed by atoms with E-state index in [-0.39, 0.29) is 0 Å². The van der Waals surface area contributed by atoms with Crippen LogP contribution in [0.25, 0.3) is 0 Å². The number of aliphatic carboxylic acids is 1. The Morgan fingerprint density at radius 2 is 0.284 bits per heavy atom. The molecule has 33 nitrogen and oxygen atoms in total. The average molecular weight is 1160 g/mol. The first kappa shape index (κ1) is 72.5. The molecule has 0 saturated heterocycles. The number of carboxylic acid groups (broad SMARTS) is 1. The van der Waals surface area contributed by atoms with E-state index in [0.29, 0.717) is 0 Å². The third-order valence-electron chi connectivity index (χ3n) is 11.7. The van der Waals surface area contributed by atoms with Gasteiger partial charge in [0.2, 0.25) is 88.6 Å². The summed E-state index contributed by atoms with van der Waals surface area (Å²) in [6, 6.07) is -19.1. The number of carboxylic acids is 1. The minimum atomic E-state index is -1.29. The molecule has 81 heavy (non-hydrogen) atoms. The second kappa shape index (κ2) is 33.8. The minimum absolute atomic E-state index is 0.585. The Hall–Kier alpha value is -8.52. The van der Waals surface area contributed by atoms with E-state index >= 15 is 0 Å². The van der Waals surface area contributed by atoms with E-state index in [1.54, 1.807) is 0 Å². The van der Waals surface area contributed by atoms with Gasteiger partial charge in [-0.2, -0.15) is 0 Å². The van der Waals surface area contributed by atoms with Crippen molar-refractivity contribution in [2.24, 2.45) is 5.73 Å². The first-order valence-electron chi connectivity index (χ1n) is 25.8. The molecule has 0 aliphatic heterocycles. The third-order valence-corrected chi connectivity index (χ3v) is 11.7. The van der Waals surface area contributed by atoms with Gasteiger partial charge >= 0.3 is 5.97 Å². The average Bonchev–Trinajstić information content (AvgIpc) is 3.37. The van der Waals surface area contributed by atoms with Crippen molar-refractivity contribution < 1.29 is 81.8 Å². The zero-order chi connectivity index (χ0) is 63.1. The summed E-state index contributed by atoms with van der Waals surface area (Å²) in [7, 11) is 0. The van der Waals surface area contributed by atoms with Crippen molar-refractivity contribution in [3.63, 3.8) is 0 Å². The van der Waals surface area contributed by atoms with Gasteiger partial charge in [0.1, 0.15) is 90.6 Å². The second-order valence-electron chi connectivity index (χ2n) is 19.6. The van der Waals surface area contributed by atoms with Crippen molar-refractivity contribution in [1.29, 1.82) is 0 Å². The van der Waals surface area contributed by atoms with Crippen LogP contribution in [0.1, 0.15) is 111 Å². The van der Waals surface area contributed by atoms with Crippen molar-refractivity contribution in [2.75, 3.05) is 0 Å². The number of hydrogen-bond acceptors (Lipinski definition) is 17. The van der Waals surface area contributed by atoms with Crippen LogP contribution in [0.5, 0.6) is 0 Å². The van der Waals surface area contributed by atoms with Gasteiger partial charge in [0.15, 0.2) is 0 Å². The van der Waals surface area contributed by atoms with Crippen LogP contribution < -0.4 is 85.5 Å². The summed E-state index contributed by atoms with van der Waals surface area (Å²) in [5.41, 5.74) is 5.48. The van der Waals surface area contributed by atoms with Gasteiger partial charge in [-0.15, -0.1) is 0 Å². The topological polar surface area (TPSA) is 500 Å². The molecule has 0 aromatic rings. The van der Waals surface area contributed by atoms with Crippen LogP contribution in [0.3, 0.4) is 0 Å². The van der Waals surface area contributed by atoms with E-state index in [4.69, 9.17) is 10.8 Å². The van der Waals surface area contributed by atoms with Gasteiger partial charge < -0.3 is 90.6 Å². The van der Waals surface area contributed by atoms with E-state index in [1.165, 1.54) is 111 Å². The number of amides is 15. The molecular weight excluding hydrogens is 1070 g/mol. The fourth-order valence-electron chi connectivity index (χ4n) is 6.06. The number of carbonyl (C=O) groups is 16. The number of hydrogen-bond donors (Lipinski definition) is 17. The highest BCUT2D eigenvalue weighted by molar-refractivity contribution is 6.00. The number of rotatable bonds is 31. The zero-order valence-corrected chi connectivity index (χ0v) is 48.3. The highest BCUT2D eigenvalue weighted by Gasteiger charge is 2.32. The van der Waals surface area contributed by atoms with Crippen LogP contribution in [-0.2, 0) is 76.7 Å². The lowest BCUT2D eigenvalue weighted by Gasteiger charge is -2.24. The summed E-state index contributed by atoms with van der Waals surface area (Å²) in [5, 5.41) is 44.3. The molecule has 0 heterocycles. The summed E-state index contributed by atoms with van der Waals surface area (Å²) in [5.74, 6) is -13.2. The Bertz CT molecular complexity index is 2370. The lowest BCUT2D eigenvalue weighted by molar-refractivity contribution is -0.141. The van der Waals surface area contributed by atoms with Crippen LogP contribution >= 0.6 is 0 Å². The zero-order valence-electron chi connectivity index (χ0n) is 48.3. The molecule has 15 amide bonds. The summed E-state index contributed by atoms with van der Waals surface area (Å²) >= 11 is 0. The predicted molar refractivity (Wildman–Crippen MR) is 285 cm³/mol. The molecule has 456 valence electrons. The molecule has 0 saturated carbocycles. The van der Waals surface area contributed by atoms with Gasteiger partial charge in [0.25, 0.3) is 0 Å². The molecule has 16 atom stereocenters. The molecule has 18 N–H and O–H groups in total. The Labute approximate surface area is 468 Å². The monoisotopic (exact) mass is 1150 g/mol. The molecule has 0 aromatic carbocycles. The summed E-state index contributed by atoms with van der Waals surface area (Å²) in [6.45, 7) is 20.9. The Kier molecular flexibility index (Phi) is 30.3. The Morgan fingerprint density at radius 3 is 0.370 bits per heavy atom. The Balaban J connectivity index is 4.99. The standard InChI is InChI=1S/C48H82N16O17/c1-17(49)33(65)50-18(2)34(66)51-19(3)35(67)52-20(4)36(68)53-21(5)37(69)54-22(6)38(70)55-23(7)39(71)56-24(8)40(72)57-25(9)41(73)58-26(10)42(74)59-27(11)43(75)60-28(12)44(76)61-29(13)45(77)62-30(14)46(78)63-31(15)47(79)64-32(16)48(80)81/h17-32H,49H2,1-16H3,(H,50,65)(H,51,66)(H,52,67)(H,53,68)(H,54,69)(H,55,70)(H,56,71)(H,57,72)(H,58,73)(H,59,74)(H,60,75)(H,61,76)(H,62,77)(H,63,78)(H,64,79)(H,80,81)/t17-,18-,19-,20-,21-,22-,23-,24-,25-,26-,27-,28-,29-,30-,31-,32-/m0/s1. The van der Waals surface area contributed by atoms with Gasteiger partial charge in [-0.1, -0.05) is 0 Å². The van der Waals surface area contributed by atoms with Gasteiger partial charge in [-0.25, -0.2) is 0 Å². The van der Waals surface area contributed by atoms with E-state index in [1.807, 2.05) is 0 Å². The molecule has 0 radical (unpaired) electrons. The summed E-state index contributed by atoms with van der Waals surface area (Å²) in [4.78, 5) is 201. The molecule has 0 aromatic heterocycles. The lowest BCUT2D eigenvalue weighted by atomic mass is 10.2. The van der Waals surface area contributed by atoms with Crippen LogP contribution in [0.15, 0.2) is 0 Å². The fourth-order valence-corrected chi connectivity index (χ4v) is 6.06. The van der Waals surface area contributed by atoms with Crippen molar-refractivity contribution in [3.05, 3.63) is 0 Å². The van der Waals surface area contributed by atoms with Gasteiger partial charge in [0.05, 0.1) is 6.04 Å². The first-order chi connectivity index (χ1) is 37.2. The van der Waals surface area contributed by atoms with E-state index in [0.717, 1.165) is 0 Å². The van der Waals surface area contributed by atoms with Crippen LogP contribution in [-0.4, -0.2) is 196 Å². The lowest BCUT2D eigenvalue weighted by Crippen LogP contribution is -2.59. The van der Waals surface area contributed by atoms with Crippen LogP contribution in [0.2, 0.25) is 0 Å². The maximum Gasteiger partial charge on any atom is 0.325 e. The van der Waals surface area contributed by atoms with Crippen molar-refractivity contribution in [2.45, 2.75) is 207 Å². The van der Waals surface area contributed by atoms with Crippen molar-refractivity contribution in [3.8, 4) is 0 Å². The molecule has 0 spiro atoms. The highest BCUT2D eigenvalue weighted by atomic mass is 16.4. The fraction of sp³-hybridized carbons (Fsp3) is 0.667.